The molecule has 3 nitrogen and oxygen atoms in total. The van der Waals surface area contributed by atoms with Crippen LogP contribution in [0.1, 0.15) is 65.2 Å². The Balaban J connectivity index is 2.65. The van der Waals surface area contributed by atoms with Crippen LogP contribution in [0.15, 0.2) is 16.1 Å². The number of unbranched alkanes of at least 4 members (excludes halogenated alkanes) is 4. The molecule has 0 spiro atoms. The van der Waals surface area contributed by atoms with Crippen LogP contribution in [0.3, 0.4) is 0 Å². The molecule has 0 aliphatic carbocycles. The van der Waals surface area contributed by atoms with Crippen molar-refractivity contribution in [2.24, 2.45) is 4.99 Å². The maximum atomic E-state index is 11.2. The van der Waals surface area contributed by atoms with Gasteiger partial charge >= 0.3 is 0 Å². The summed E-state index contributed by atoms with van der Waals surface area (Å²) < 4.78 is 22.4. The van der Waals surface area contributed by atoms with Crippen molar-refractivity contribution in [3.63, 3.8) is 0 Å². The molecule has 18 heavy (non-hydrogen) atoms. The highest BCUT2D eigenvalue weighted by Crippen LogP contribution is 2.21. The van der Waals surface area contributed by atoms with Gasteiger partial charge in [-0.25, -0.2) is 4.99 Å². The second-order valence-electron chi connectivity index (χ2n) is 4.53. The van der Waals surface area contributed by atoms with Crippen molar-refractivity contribution in [2.75, 3.05) is 0 Å². The molecule has 1 atom stereocenters. The van der Waals surface area contributed by atoms with Crippen LogP contribution >= 0.6 is 0 Å². The third-order valence-electron chi connectivity index (χ3n) is 2.92. The summed E-state index contributed by atoms with van der Waals surface area (Å²) in [6.07, 6.45) is 8.57. The maximum Gasteiger partial charge on any atom is 0.250 e. The van der Waals surface area contributed by atoms with Gasteiger partial charge in [0.25, 0.3) is 0 Å². The van der Waals surface area contributed by atoms with E-state index in [1.807, 2.05) is 5.41 Å². The van der Waals surface area contributed by atoms with E-state index in [9.17, 15) is 8.42 Å². The van der Waals surface area contributed by atoms with E-state index in [4.69, 9.17) is 0 Å². The van der Waals surface area contributed by atoms with Gasteiger partial charge < -0.3 is 0 Å². The quantitative estimate of drug-likeness (QED) is 0.638. The normalized spacial score (nSPS) is 18.7. The monoisotopic (exact) mass is 289 g/mol. The molecule has 0 aromatic rings. The number of hydrogen-bond acceptors (Lipinski definition) is 3. The molecule has 1 unspecified atom stereocenters. The Morgan fingerprint density at radius 1 is 1.06 bits per heavy atom. The summed E-state index contributed by atoms with van der Waals surface area (Å²) in [5, 5.41) is 2.74. The third kappa shape index (κ3) is 5.06. The standard InChI is InChI=1S/C13H23NO2S2/c1-3-5-7-9-12-11-17(18(15)16)13(14-12)10-8-6-4-2/h11H,3-10H2,1-2H3. The lowest BCUT2D eigenvalue weighted by molar-refractivity contribution is 0.628. The second kappa shape index (κ2) is 8.64. The Labute approximate surface area is 114 Å². The Morgan fingerprint density at radius 2 is 1.67 bits per heavy atom. The van der Waals surface area contributed by atoms with Gasteiger partial charge in [-0.15, -0.1) is 0 Å². The summed E-state index contributed by atoms with van der Waals surface area (Å²) in [6, 6.07) is 0. The van der Waals surface area contributed by atoms with Gasteiger partial charge in [-0.1, -0.05) is 39.5 Å². The Hall–Kier alpha value is -0.420. The second-order valence-corrected chi connectivity index (χ2v) is 8.13. The van der Waals surface area contributed by atoms with Crippen LogP contribution < -0.4 is 0 Å². The van der Waals surface area contributed by atoms with E-state index in [2.05, 4.69) is 18.8 Å². The van der Waals surface area contributed by atoms with Gasteiger partial charge in [-0.05, 0) is 25.7 Å². The summed E-state index contributed by atoms with van der Waals surface area (Å²) in [6.45, 7) is 4.32. The Morgan fingerprint density at radius 3 is 2.22 bits per heavy atom. The van der Waals surface area contributed by atoms with Crippen molar-refractivity contribution < 1.29 is 8.42 Å². The lowest BCUT2D eigenvalue weighted by Crippen LogP contribution is -2.01. The fourth-order valence-corrected chi connectivity index (χ4v) is 4.64. The Bertz CT molecular complexity index is 453. The van der Waals surface area contributed by atoms with E-state index in [0.29, 0.717) is 0 Å². The molecule has 0 bridgehead atoms. The first-order valence-electron chi connectivity index (χ1n) is 6.80. The molecule has 0 saturated carbocycles. The molecule has 1 heterocycles. The zero-order valence-corrected chi connectivity index (χ0v) is 12.9. The van der Waals surface area contributed by atoms with E-state index >= 15 is 0 Å². The van der Waals surface area contributed by atoms with Gasteiger partial charge in [0, 0.05) is 20.6 Å². The van der Waals surface area contributed by atoms with Gasteiger partial charge in [-0.2, -0.15) is 8.42 Å². The third-order valence-corrected chi connectivity index (χ3v) is 6.21. The summed E-state index contributed by atoms with van der Waals surface area (Å²) in [5.74, 6) is 0. The minimum atomic E-state index is -2.03. The lowest BCUT2D eigenvalue weighted by atomic mass is 10.2. The van der Waals surface area contributed by atoms with Crippen LogP contribution in [0.4, 0.5) is 0 Å². The first kappa shape index (κ1) is 15.6. The molecule has 0 aromatic heterocycles. The van der Waals surface area contributed by atoms with E-state index in [1.54, 1.807) is 0 Å². The first-order chi connectivity index (χ1) is 8.69. The first-order valence-corrected chi connectivity index (χ1v) is 9.68. The molecular weight excluding hydrogens is 266 g/mol. The molecule has 0 amide bonds. The van der Waals surface area contributed by atoms with Gasteiger partial charge in [-0.3, -0.25) is 0 Å². The van der Waals surface area contributed by atoms with Crippen molar-refractivity contribution in [1.29, 1.82) is 0 Å². The highest BCUT2D eigenvalue weighted by atomic mass is 32.9. The molecule has 1 aliphatic heterocycles. The zero-order chi connectivity index (χ0) is 13.4. The average molecular weight is 289 g/mol. The van der Waals surface area contributed by atoms with Crippen LogP contribution in [-0.4, -0.2) is 13.5 Å². The molecular formula is C13H23NO2S2. The van der Waals surface area contributed by atoms with Crippen molar-refractivity contribution in [3.8, 4) is 0 Å². The van der Waals surface area contributed by atoms with Gasteiger partial charge in [0.05, 0.1) is 5.04 Å². The fraction of sp³-hybridized carbons (Fsp3) is 0.769. The van der Waals surface area contributed by atoms with E-state index in [0.717, 1.165) is 49.3 Å². The van der Waals surface area contributed by atoms with Crippen LogP contribution in [0.2, 0.25) is 0 Å². The summed E-state index contributed by atoms with van der Waals surface area (Å²) in [7, 11) is -2.78. The molecule has 0 fully saturated rings. The summed E-state index contributed by atoms with van der Waals surface area (Å²) in [5.41, 5.74) is 0.988. The highest BCUT2D eigenvalue weighted by Gasteiger charge is 2.15. The topological polar surface area (TPSA) is 46.5 Å². The van der Waals surface area contributed by atoms with Crippen LogP contribution in [0, 0.1) is 0 Å². The number of nitrogens with zero attached hydrogens (tertiary/aromatic N) is 1. The van der Waals surface area contributed by atoms with Crippen molar-refractivity contribution >= 4 is 23.8 Å². The van der Waals surface area contributed by atoms with Crippen molar-refractivity contribution in [3.05, 3.63) is 11.1 Å². The molecule has 0 saturated heterocycles. The predicted octanol–water partition coefficient (Wildman–Crippen LogP) is 3.81. The fourth-order valence-electron chi connectivity index (χ4n) is 1.89. The average Bonchev–Trinajstić information content (AvgIpc) is 2.73. The number of aliphatic imine (C=N–C) groups is 1. The van der Waals surface area contributed by atoms with Crippen molar-refractivity contribution in [2.45, 2.75) is 65.2 Å². The Kier molecular flexibility index (Phi) is 7.51. The largest absolute Gasteiger partial charge is 0.250 e. The molecule has 0 N–H and O–H groups in total. The highest BCUT2D eigenvalue weighted by molar-refractivity contribution is 8.43. The number of rotatable bonds is 8. The van der Waals surface area contributed by atoms with Gasteiger partial charge in [0.1, 0.15) is 0 Å². The van der Waals surface area contributed by atoms with Gasteiger partial charge in [0.15, 0.2) is 0 Å². The SMILES string of the molecule is CCCCCC1=CS(=S(=O)=O)C(CCCCC)=N1. The van der Waals surface area contributed by atoms with E-state index < -0.39 is 18.7 Å². The molecule has 0 radical (unpaired) electrons. The van der Waals surface area contributed by atoms with E-state index in [-0.39, 0.29) is 0 Å². The predicted molar refractivity (Wildman–Crippen MR) is 80.1 cm³/mol. The van der Waals surface area contributed by atoms with E-state index in [1.165, 1.54) is 12.8 Å². The molecule has 104 valence electrons. The van der Waals surface area contributed by atoms with Crippen LogP contribution in [0.5, 0.6) is 0 Å². The lowest BCUT2D eigenvalue weighted by Gasteiger charge is -1.99. The minimum absolute atomic E-state index is 0.751. The maximum absolute atomic E-state index is 11.2. The molecule has 5 heteroatoms. The summed E-state index contributed by atoms with van der Waals surface area (Å²) >= 11 is 0. The van der Waals surface area contributed by atoms with Crippen LogP contribution in [0.25, 0.3) is 0 Å². The minimum Gasteiger partial charge on any atom is -0.250 e. The van der Waals surface area contributed by atoms with Crippen molar-refractivity contribution in [1.82, 2.24) is 0 Å². The smallest absolute Gasteiger partial charge is 0.250 e. The molecule has 0 aromatic carbocycles. The molecule has 1 aliphatic rings. The molecule has 1 rings (SSSR count). The van der Waals surface area contributed by atoms with Crippen LogP contribution in [-0.2, 0) is 18.7 Å². The summed E-state index contributed by atoms with van der Waals surface area (Å²) in [4.78, 5) is 4.53. The number of hydrogen-bond donors (Lipinski definition) is 0. The number of allylic oxidation sites excluding steroid dienone is 1. The zero-order valence-electron chi connectivity index (χ0n) is 11.3. The van der Waals surface area contributed by atoms with Gasteiger partial charge in [0.2, 0.25) is 9.26 Å².